The molecule has 3 nitrogen and oxygen atoms in total. The van der Waals surface area contributed by atoms with Crippen LogP contribution >= 0.6 is 11.8 Å². The highest BCUT2D eigenvalue weighted by Gasteiger charge is 2.22. The van der Waals surface area contributed by atoms with Crippen LogP contribution in [0.3, 0.4) is 0 Å². The van der Waals surface area contributed by atoms with Gasteiger partial charge in [-0.25, -0.2) is 0 Å². The lowest BCUT2D eigenvalue weighted by Gasteiger charge is -2.24. The number of hydrogen-bond acceptors (Lipinski definition) is 3. The number of nitrogens with two attached hydrogens (primary N) is 1. The Kier molecular flexibility index (Phi) is 5.08. The van der Waals surface area contributed by atoms with Crippen LogP contribution in [0.4, 0.5) is 5.69 Å². The SMILES string of the molecule is CCC(Sc1ccc(N)cc1)C(=O)NC(C)(C)C. The molecule has 3 N–H and O–H groups in total. The van der Waals surface area contributed by atoms with E-state index in [0.717, 1.165) is 17.0 Å². The van der Waals surface area contributed by atoms with E-state index in [-0.39, 0.29) is 16.7 Å². The van der Waals surface area contributed by atoms with Crippen LogP contribution in [-0.4, -0.2) is 16.7 Å². The van der Waals surface area contributed by atoms with E-state index < -0.39 is 0 Å². The number of anilines is 1. The zero-order chi connectivity index (χ0) is 13.8. The maximum atomic E-state index is 12.1. The van der Waals surface area contributed by atoms with E-state index in [4.69, 9.17) is 5.73 Å². The molecule has 1 amide bonds. The van der Waals surface area contributed by atoms with Gasteiger partial charge in [-0.2, -0.15) is 0 Å². The van der Waals surface area contributed by atoms with Gasteiger partial charge in [0.1, 0.15) is 0 Å². The summed E-state index contributed by atoms with van der Waals surface area (Å²) in [6.07, 6.45) is 0.803. The Morgan fingerprint density at radius 3 is 2.33 bits per heavy atom. The number of benzene rings is 1. The molecule has 0 aliphatic heterocycles. The number of rotatable bonds is 4. The molecule has 0 bridgehead atoms. The van der Waals surface area contributed by atoms with Crippen molar-refractivity contribution in [3.05, 3.63) is 24.3 Å². The predicted octanol–water partition coefficient (Wildman–Crippen LogP) is 3.05. The number of amides is 1. The third-order valence-corrected chi connectivity index (χ3v) is 3.70. The standard InChI is InChI=1S/C14H22N2OS/c1-5-12(13(17)16-14(2,3)4)18-11-8-6-10(15)7-9-11/h6-9,12H,5,15H2,1-4H3,(H,16,17). The third kappa shape index (κ3) is 5.00. The van der Waals surface area contributed by atoms with Gasteiger partial charge in [-0.1, -0.05) is 6.92 Å². The van der Waals surface area contributed by atoms with Crippen molar-refractivity contribution < 1.29 is 4.79 Å². The average molecular weight is 266 g/mol. The summed E-state index contributed by atoms with van der Waals surface area (Å²) in [7, 11) is 0. The highest BCUT2D eigenvalue weighted by atomic mass is 32.2. The minimum Gasteiger partial charge on any atom is -0.399 e. The first-order valence-corrected chi connectivity index (χ1v) is 7.04. The second-order valence-electron chi connectivity index (χ2n) is 5.32. The fraction of sp³-hybridized carbons (Fsp3) is 0.500. The lowest BCUT2D eigenvalue weighted by molar-refractivity contribution is -0.122. The van der Waals surface area contributed by atoms with Crippen LogP contribution in [0.25, 0.3) is 0 Å². The lowest BCUT2D eigenvalue weighted by Crippen LogP contribution is -2.44. The molecule has 0 aliphatic carbocycles. The molecule has 0 aliphatic rings. The van der Waals surface area contributed by atoms with Crippen LogP contribution in [0, 0.1) is 0 Å². The molecule has 0 spiro atoms. The molecular weight excluding hydrogens is 244 g/mol. The summed E-state index contributed by atoms with van der Waals surface area (Å²) in [4.78, 5) is 13.2. The van der Waals surface area contributed by atoms with Crippen LogP contribution in [0.2, 0.25) is 0 Å². The van der Waals surface area contributed by atoms with Gasteiger partial charge in [0.05, 0.1) is 5.25 Å². The molecule has 0 radical (unpaired) electrons. The summed E-state index contributed by atoms with van der Waals surface area (Å²) < 4.78 is 0. The average Bonchev–Trinajstić information content (AvgIpc) is 2.25. The highest BCUT2D eigenvalue weighted by molar-refractivity contribution is 8.00. The van der Waals surface area contributed by atoms with Crippen LogP contribution in [0.15, 0.2) is 29.2 Å². The number of nitrogen functional groups attached to an aromatic ring is 1. The summed E-state index contributed by atoms with van der Waals surface area (Å²) >= 11 is 1.58. The number of carbonyl (C=O) groups is 1. The molecule has 4 heteroatoms. The Labute approximate surface area is 114 Å². The van der Waals surface area contributed by atoms with E-state index in [1.807, 2.05) is 52.0 Å². The molecule has 1 aromatic rings. The molecule has 0 fully saturated rings. The van der Waals surface area contributed by atoms with Gasteiger partial charge in [-0.05, 0) is 51.5 Å². The Hall–Kier alpha value is -1.16. The Bertz CT molecular complexity index is 395. The molecule has 0 aromatic heterocycles. The van der Waals surface area contributed by atoms with Gasteiger partial charge in [0, 0.05) is 16.1 Å². The number of carbonyl (C=O) groups excluding carboxylic acids is 1. The molecule has 0 saturated heterocycles. The smallest absolute Gasteiger partial charge is 0.233 e. The molecule has 0 saturated carbocycles. The van der Waals surface area contributed by atoms with E-state index in [0.29, 0.717) is 0 Å². The van der Waals surface area contributed by atoms with Gasteiger partial charge >= 0.3 is 0 Å². The predicted molar refractivity (Wildman–Crippen MR) is 78.7 cm³/mol. The van der Waals surface area contributed by atoms with E-state index >= 15 is 0 Å². The van der Waals surface area contributed by atoms with Crippen LogP contribution in [-0.2, 0) is 4.79 Å². The van der Waals surface area contributed by atoms with Crippen molar-refractivity contribution in [2.75, 3.05) is 5.73 Å². The van der Waals surface area contributed by atoms with E-state index in [1.54, 1.807) is 11.8 Å². The largest absolute Gasteiger partial charge is 0.399 e. The first-order valence-electron chi connectivity index (χ1n) is 6.16. The van der Waals surface area contributed by atoms with E-state index in [9.17, 15) is 4.79 Å². The normalized spacial score (nSPS) is 13.1. The first-order chi connectivity index (χ1) is 8.31. The molecule has 1 rings (SSSR count). The molecule has 18 heavy (non-hydrogen) atoms. The van der Waals surface area contributed by atoms with Crippen LogP contribution in [0.1, 0.15) is 34.1 Å². The van der Waals surface area contributed by atoms with Gasteiger partial charge in [-0.3, -0.25) is 4.79 Å². The summed E-state index contributed by atoms with van der Waals surface area (Å²) in [5.74, 6) is 0.0897. The summed E-state index contributed by atoms with van der Waals surface area (Å²) in [5.41, 5.74) is 6.20. The van der Waals surface area contributed by atoms with E-state index in [1.165, 1.54) is 0 Å². The van der Waals surface area contributed by atoms with E-state index in [2.05, 4.69) is 5.32 Å². The molecule has 1 aromatic carbocycles. The fourth-order valence-electron chi connectivity index (χ4n) is 1.48. The van der Waals surface area contributed by atoms with Crippen molar-refractivity contribution >= 4 is 23.4 Å². The molecule has 1 atom stereocenters. The van der Waals surface area contributed by atoms with Gasteiger partial charge in [0.25, 0.3) is 0 Å². The zero-order valence-electron chi connectivity index (χ0n) is 11.5. The fourth-order valence-corrected chi connectivity index (χ4v) is 2.44. The minimum atomic E-state index is -0.188. The molecular formula is C14H22N2OS. The van der Waals surface area contributed by atoms with Crippen molar-refractivity contribution in [1.29, 1.82) is 0 Å². The molecule has 0 heterocycles. The van der Waals surface area contributed by atoms with Crippen LogP contribution in [0.5, 0.6) is 0 Å². The monoisotopic (exact) mass is 266 g/mol. The van der Waals surface area contributed by atoms with Crippen molar-refractivity contribution in [2.24, 2.45) is 0 Å². The zero-order valence-corrected chi connectivity index (χ0v) is 12.3. The Balaban J connectivity index is 2.67. The number of thioether (sulfide) groups is 1. The summed E-state index contributed by atoms with van der Waals surface area (Å²) in [6, 6.07) is 7.62. The maximum absolute atomic E-state index is 12.1. The molecule has 100 valence electrons. The lowest BCUT2D eigenvalue weighted by atomic mass is 10.1. The quantitative estimate of drug-likeness (QED) is 0.650. The van der Waals surface area contributed by atoms with Gasteiger partial charge in [0.2, 0.25) is 5.91 Å². The summed E-state index contributed by atoms with van der Waals surface area (Å²) in [6.45, 7) is 8.00. The van der Waals surface area contributed by atoms with Gasteiger partial charge in [0.15, 0.2) is 0 Å². The van der Waals surface area contributed by atoms with Crippen molar-refractivity contribution in [3.8, 4) is 0 Å². The number of nitrogens with one attached hydrogen (secondary N) is 1. The Morgan fingerprint density at radius 2 is 1.89 bits per heavy atom. The van der Waals surface area contributed by atoms with Crippen LogP contribution < -0.4 is 11.1 Å². The highest BCUT2D eigenvalue weighted by Crippen LogP contribution is 2.26. The maximum Gasteiger partial charge on any atom is 0.233 e. The minimum absolute atomic E-state index is 0.0622. The summed E-state index contributed by atoms with van der Waals surface area (Å²) in [5, 5.41) is 2.96. The second-order valence-corrected chi connectivity index (χ2v) is 6.60. The molecule has 1 unspecified atom stereocenters. The van der Waals surface area contributed by atoms with Crippen molar-refractivity contribution in [1.82, 2.24) is 5.32 Å². The second kappa shape index (κ2) is 6.14. The first kappa shape index (κ1) is 14.9. The third-order valence-electron chi connectivity index (χ3n) is 2.32. The van der Waals surface area contributed by atoms with Crippen molar-refractivity contribution in [3.63, 3.8) is 0 Å². The topological polar surface area (TPSA) is 55.1 Å². The number of hydrogen-bond donors (Lipinski definition) is 2. The Morgan fingerprint density at radius 1 is 1.33 bits per heavy atom. The van der Waals surface area contributed by atoms with Gasteiger partial charge in [-0.15, -0.1) is 11.8 Å². The van der Waals surface area contributed by atoms with Gasteiger partial charge < -0.3 is 11.1 Å². The van der Waals surface area contributed by atoms with Crippen molar-refractivity contribution in [2.45, 2.75) is 49.8 Å².